The van der Waals surface area contributed by atoms with Gasteiger partial charge in [-0.3, -0.25) is 0 Å². The molecule has 0 spiro atoms. The van der Waals surface area contributed by atoms with Gasteiger partial charge in [-0.05, 0) is 0 Å². The molecule has 2 aromatic rings. The topological polar surface area (TPSA) is 47.4 Å². The van der Waals surface area contributed by atoms with Crippen molar-refractivity contribution in [2.45, 2.75) is 30.1 Å². The summed E-state index contributed by atoms with van der Waals surface area (Å²) in [6, 6.07) is 3.20. The number of amides is 1. The molecule has 1 heterocycles. The third-order valence-corrected chi connectivity index (χ3v) is 7.47. The number of hydroxylamine groups is 1. The van der Waals surface area contributed by atoms with E-state index in [1.54, 1.807) is 12.1 Å². The molecule has 0 bridgehead atoms. The third kappa shape index (κ3) is 5.69. The molecule has 1 aromatic heterocycles. The fourth-order valence-electron chi connectivity index (χ4n) is 2.48. The van der Waals surface area contributed by atoms with Crippen molar-refractivity contribution in [3.8, 4) is 0 Å². The zero-order valence-corrected chi connectivity index (χ0v) is 19.9. The summed E-state index contributed by atoms with van der Waals surface area (Å²) in [4.78, 5) is 18.0. The van der Waals surface area contributed by atoms with Crippen LogP contribution in [0.15, 0.2) is 18.3 Å². The Balaban J connectivity index is 2.25. The SMILES string of the molecule is CON([I-]C(C)(C)Cc1c(Cl)cc(Cl)cc1Cl)C(=O)c1cn(C)nc1C(F)F. The number of benzene rings is 1. The number of carbonyl (C=O) groups excluding carboxylic acids is 1. The van der Waals surface area contributed by atoms with Crippen molar-refractivity contribution in [3.63, 3.8) is 0 Å². The Hall–Kier alpha value is -0.680. The van der Waals surface area contributed by atoms with Crippen molar-refractivity contribution in [2.24, 2.45) is 7.05 Å². The number of alkyl halides is 3. The van der Waals surface area contributed by atoms with E-state index in [9.17, 15) is 13.6 Å². The molecule has 5 nitrogen and oxygen atoms in total. The van der Waals surface area contributed by atoms with Gasteiger partial charge in [0.05, 0.1) is 0 Å². The summed E-state index contributed by atoms with van der Waals surface area (Å²) in [5, 5.41) is 4.95. The summed E-state index contributed by atoms with van der Waals surface area (Å²) in [6.07, 6.45) is -1.15. The van der Waals surface area contributed by atoms with Crippen LogP contribution in [0.1, 0.15) is 41.9 Å². The summed E-state index contributed by atoms with van der Waals surface area (Å²) >= 11 is 17.4. The molecule has 0 saturated carbocycles. The zero-order chi connectivity index (χ0) is 21.2. The monoisotopic (exact) mass is 566 g/mol. The minimum atomic E-state index is -2.86. The van der Waals surface area contributed by atoms with Gasteiger partial charge in [-0.2, -0.15) is 0 Å². The van der Waals surface area contributed by atoms with Gasteiger partial charge in [-0.25, -0.2) is 0 Å². The number of rotatable bonds is 7. The Kier molecular flexibility index (Phi) is 7.94. The van der Waals surface area contributed by atoms with Crippen molar-refractivity contribution < 1.29 is 39.9 Å². The standard InChI is InChI=1S/C17H18Cl3F2IN3O2/c1-17(2,7-10-12(19)5-9(18)6-13(10)20)23-26(28-4)16(27)11-8-25(3)24-14(11)15(21)22/h5-6,8,15H,7H2,1-4H3/q-1. The number of carbonyl (C=O) groups is 1. The Labute approximate surface area is 187 Å². The molecule has 0 atom stereocenters. The quantitative estimate of drug-likeness (QED) is 0.224. The zero-order valence-electron chi connectivity index (χ0n) is 15.4. The third-order valence-electron chi connectivity index (χ3n) is 3.62. The molecule has 28 heavy (non-hydrogen) atoms. The van der Waals surface area contributed by atoms with Crippen LogP contribution in [0.25, 0.3) is 0 Å². The molecule has 0 unspecified atom stereocenters. The first-order valence-electron chi connectivity index (χ1n) is 7.95. The molecule has 2 rings (SSSR count). The molecule has 0 fully saturated rings. The molecule has 11 heteroatoms. The average molecular weight is 568 g/mol. The summed E-state index contributed by atoms with van der Waals surface area (Å²) in [5.74, 6) is -0.653. The predicted octanol–water partition coefficient (Wildman–Crippen LogP) is 2.35. The Morgan fingerprint density at radius 3 is 2.39 bits per heavy atom. The summed E-state index contributed by atoms with van der Waals surface area (Å²) in [6.45, 7) is 3.86. The molecule has 1 aromatic carbocycles. The molecule has 0 aliphatic heterocycles. The van der Waals surface area contributed by atoms with Gasteiger partial charge in [0, 0.05) is 0 Å². The first-order chi connectivity index (χ1) is 12.9. The second-order valence-corrected chi connectivity index (χ2v) is 12.0. The van der Waals surface area contributed by atoms with Crippen LogP contribution >= 0.6 is 34.8 Å². The van der Waals surface area contributed by atoms with E-state index in [0.717, 1.165) is 3.28 Å². The summed E-state index contributed by atoms with van der Waals surface area (Å²) in [5.41, 5.74) is -0.0480. The first kappa shape index (κ1) is 23.6. The maximum absolute atomic E-state index is 13.2. The van der Waals surface area contributed by atoms with Crippen LogP contribution in [0.2, 0.25) is 15.1 Å². The van der Waals surface area contributed by atoms with Gasteiger partial charge in [0.2, 0.25) is 0 Å². The van der Waals surface area contributed by atoms with Gasteiger partial charge in [-0.1, -0.05) is 0 Å². The van der Waals surface area contributed by atoms with E-state index in [-0.39, 0.29) is 5.56 Å². The molecule has 1 amide bonds. The van der Waals surface area contributed by atoms with Crippen molar-refractivity contribution in [2.75, 3.05) is 7.11 Å². The van der Waals surface area contributed by atoms with E-state index in [1.807, 2.05) is 13.8 Å². The van der Waals surface area contributed by atoms with Gasteiger partial charge in [0.1, 0.15) is 0 Å². The average Bonchev–Trinajstić information content (AvgIpc) is 2.97. The van der Waals surface area contributed by atoms with Crippen LogP contribution in [-0.4, -0.2) is 29.5 Å². The molecule has 0 radical (unpaired) electrons. The van der Waals surface area contributed by atoms with Crippen molar-refractivity contribution in [1.29, 1.82) is 0 Å². The van der Waals surface area contributed by atoms with Gasteiger partial charge >= 0.3 is 188 Å². The van der Waals surface area contributed by atoms with Crippen molar-refractivity contribution >= 4 is 40.7 Å². The molecule has 0 N–H and O–H groups in total. The molecular weight excluding hydrogens is 549 g/mol. The number of hydrogen-bond acceptors (Lipinski definition) is 3. The number of aryl methyl sites for hydroxylation is 1. The van der Waals surface area contributed by atoms with Crippen LogP contribution in [0.3, 0.4) is 0 Å². The molecule has 0 aliphatic carbocycles. The Morgan fingerprint density at radius 2 is 1.89 bits per heavy atom. The van der Waals surface area contributed by atoms with E-state index in [4.69, 9.17) is 39.6 Å². The van der Waals surface area contributed by atoms with Crippen LogP contribution < -0.4 is 21.5 Å². The van der Waals surface area contributed by atoms with E-state index in [1.165, 1.54) is 25.0 Å². The summed E-state index contributed by atoms with van der Waals surface area (Å²) in [7, 11) is 2.80. The Bertz CT molecular complexity index is 854. The molecular formula is C17H18Cl3F2IN3O2-. The van der Waals surface area contributed by atoms with E-state index < -0.39 is 42.9 Å². The molecule has 0 aliphatic rings. The van der Waals surface area contributed by atoms with Gasteiger partial charge in [0.25, 0.3) is 0 Å². The van der Waals surface area contributed by atoms with E-state index in [2.05, 4.69) is 5.10 Å². The fourth-order valence-corrected chi connectivity index (χ4v) is 5.85. The predicted molar refractivity (Wildman–Crippen MR) is 101 cm³/mol. The number of aromatic nitrogens is 2. The van der Waals surface area contributed by atoms with Crippen molar-refractivity contribution in [1.82, 2.24) is 13.1 Å². The second kappa shape index (κ2) is 9.42. The number of halogens is 6. The summed E-state index contributed by atoms with van der Waals surface area (Å²) < 4.78 is 28.3. The van der Waals surface area contributed by atoms with E-state index in [0.29, 0.717) is 27.1 Å². The maximum atomic E-state index is 13.2. The molecule has 156 valence electrons. The van der Waals surface area contributed by atoms with Crippen LogP contribution in [0, 0.1) is 0 Å². The van der Waals surface area contributed by atoms with Gasteiger partial charge < -0.3 is 0 Å². The molecule has 0 saturated heterocycles. The van der Waals surface area contributed by atoms with Crippen LogP contribution in [-0.2, 0) is 18.3 Å². The minimum absolute atomic E-state index is 0.183. The fraction of sp³-hybridized carbons (Fsp3) is 0.412. The number of hydrogen-bond donors (Lipinski definition) is 0. The normalized spacial score (nSPS) is 12.1. The van der Waals surface area contributed by atoms with Gasteiger partial charge in [0.15, 0.2) is 0 Å². The van der Waals surface area contributed by atoms with Crippen LogP contribution in [0.4, 0.5) is 8.78 Å². The first-order valence-corrected chi connectivity index (χ1v) is 11.1. The van der Waals surface area contributed by atoms with Crippen LogP contribution in [0.5, 0.6) is 0 Å². The van der Waals surface area contributed by atoms with Crippen molar-refractivity contribution in [3.05, 3.63) is 50.2 Å². The van der Waals surface area contributed by atoms with Gasteiger partial charge in [-0.15, -0.1) is 0 Å². The second-order valence-electron chi connectivity index (χ2n) is 6.46. The number of nitrogens with zero attached hydrogens (tertiary/aromatic N) is 3. The Morgan fingerprint density at radius 1 is 1.32 bits per heavy atom. The van der Waals surface area contributed by atoms with E-state index >= 15 is 0 Å².